The Labute approximate surface area is 92.8 Å². The van der Waals surface area contributed by atoms with Crippen LogP contribution in [0.2, 0.25) is 0 Å². The Morgan fingerprint density at radius 2 is 2.13 bits per heavy atom. The van der Waals surface area contributed by atoms with Crippen LogP contribution in [0.4, 0.5) is 0 Å². The first kappa shape index (κ1) is 12.9. The lowest BCUT2D eigenvalue weighted by Gasteiger charge is -2.35. The zero-order valence-corrected chi connectivity index (χ0v) is 10.1. The first-order valence-electron chi connectivity index (χ1n) is 5.92. The number of rotatable bonds is 5. The van der Waals surface area contributed by atoms with Crippen LogP contribution >= 0.6 is 0 Å². The standard InChI is InChI=1S/C12H24O3/c1-9-4-5-11(7-10(2)13)12(6-9)15-8-14-3/h9-13H,4-8H2,1-3H3/t9-,10-,11+,12-/m1/s1. The van der Waals surface area contributed by atoms with Gasteiger partial charge in [-0.1, -0.05) is 13.3 Å². The molecule has 0 spiro atoms. The lowest BCUT2D eigenvalue weighted by molar-refractivity contribution is -0.113. The van der Waals surface area contributed by atoms with Crippen LogP contribution in [0, 0.1) is 11.8 Å². The average Bonchev–Trinajstić information content (AvgIpc) is 2.18. The van der Waals surface area contributed by atoms with Crippen LogP contribution in [-0.2, 0) is 9.47 Å². The molecule has 0 aromatic heterocycles. The van der Waals surface area contributed by atoms with Crippen LogP contribution in [0.1, 0.15) is 39.5 Å². The summed E-state index contributed by atoms with van der Waals surface area (Å²) in [6.07, 6.45) is 4.41. The molecule has 1 fully saturated rings. The summed E-state index contributed by atoms with van der Waals surface area (Å²) in [4.78, 5) is 0. The molecule has 1 aliphatic carbocycles. The van der Waals surface area contributed by atoms with E-state index in [4.69, 9.17) is 9.47 Å². The van der Waals surface area contributed by atoms with Crippen molar-refractivity contribution in [2.45, 2.75) is 51.7 Å². The van der Waals surface area contributed by atoms with Crippen LogP contribution in [0.3, 0.4) is 0 Å². The Morgan fingerprint density at radius 3 is 2.73 bits per heavy atom. The highest BCUT2D eigenvalue weighted by Crippen LogP contribution is 2.33. The van der Waals surface area contributed by atoms with Crippen molar-refractivity contribution in [3.05, 3.63) is 0 Å². The minimum absolute atomic E-state index is 0.225. The molecule has 1 aliphatic rings. The molecule has 0 amide bonds. The predicted molar refractivity (Wildman–Crippen MR) is 59.6 cm³/mol. The molecular weight excluding hydrogens is 192 g/mol. The number of aliphatic hydroxyl groups excluding tert-OH is 1. The van der Waals surface area contributed by atoms with Crippen molar-refractivity contribution in [3.8, 4) is 0 Å². The maximum atomic E-state index is 9.43. The Hall–Kier alpha value is -0.120. The summed E-state index contributed by atoms with van der Waals surface area (Å²) < 4.78 is 10.6. The molecule has 0 saturated heterocycles. The molecule has 0 heterocycles. The van der Waals surface area contributed by atoms with E-state index in [1.54, 1.807) is 7.11 Å². The number of methoxy groups -OCH3 is 1. The second kappa shape index (κ2) is 6.46. The molecule has 4 atom stereocenters. The molecule has 1 saturated carbocycles. The second-order valence-electron chi connectivity index (χ2n) is 4.87. The summed E-state index contributed by atoms with van der Waals surface area (Å²) >= 11 is 0. The fraction of sp³-hybridized carbons (Fsp3) is 1.00. The first-order chi connectivity index (χ1) is 7.13. The van der Waals surface area contributed by atoms with Crippen LogP contribution < -0.4 is 0 Å². The van der Waals surface area contributed by atoms with E-state index >= 15 is 0 Å². The third-order valence-corrected chi connectivity index (χ3v) is 3.23. The van der Waals surface area contributed by atoms with Gasteiger partial charge in [0, 0.05) is 7.11 Å². The molecular formula is C12H24O3. The molecule has 0 unspecified atom stereocenters. The van der Waals surface area contributed by atoms with Gasteiger partial charge in [-0.25, -0.2) is 0 Å². The van der Waals surface area contributed by atoms with Crippen LogP contribution in [0.15, 0.2) is 0 Å². The number of ether oxygens (including phenoxy) is 2. The fourth-order valence-corrected chi connectivity index (χ4v) is 2.46. The minimum atomic E-state index is -0.225. The Morgan fingerprint density at radius 1 is 1.40 bits per heavy atom. The van der Waals surface area contributed by atoms with Gasteiger partial charge in [0.2, 0.25) is 0 Å². The van der Waals surface area contributed by atoms with Gasteiger partial charge < -0.3 is 14.6 Å². The van der Waals surface area contributed by atoms with E-state index in [0.29, 0.717) is 12.7 Å². The predicted octanol–water partition coefficient (Wildman–Crippen LogP) is 2.18. The largest absolute Gasteiger partial charge is 0.393 e. The minimum Gasteiger partial charge on any atom is -0.393 e. The Bertz CT molecular complexity index is 170. The Kier molecular flexibility index (Phi) is 5.58. The highest BCUT2D eigenvalue weighted by molar-refractivity contribution is 4.80. The molecule has 3 heteroatoms. The van der Waals surface area contributed by atoms with Gasteiger partial charge >= 0.3 is 0 Å². The van der Waals surface area contributed by atoms with Crippen molar-refractivity contribution < 1.29 is 14.6 Å². The van der Waals surface area contributed by atoms with E-state index in [1.807, 2.05) is 6.92 Å². The summed E-state index contributed by atoms with van der Waals surface area (Å²) in [5.41, 5.74) is 0. The Balaban J connectivity index is 2.42. The molecule has 1 rings (SSSR count). The topological polar surface area (TPSA) is 38.7 Å². The van der Waals surface area contributed by atoms with E-state index in [0.717, 1.165) is 18.8 Å². The van der Waals surface area contributed by atoms with E-state index in [-0.39, 0.29) is 12.2 Å². The van der Waals surface area contributed by atoms with Gasteiger partial charge in [0.1, 0.15) is 6.79 Å². The van der Waals surface area contributed by atoms with E-state index < -0.39 is 0 Å². The van der Waals surface area contributed by atoms with Crippen molar-refractivity contribution in [2.24, 2.45) is 11.8 Å². The van der Waals surface area contributed by atoms with Crippen LogP contribution in [0.5, 0.6) is 0 Å². The van der Waals surface area contributed by atoms with Crippen molar-refractivity contribution in [1.29, 1.82) is 0 Å². The molecule has 1 N–H and O–H groups in total. The summed E-state index contributed by atoms with van der Waals surface area (Å²) in [5.74, 6) is 1.23. The molecule has 90 valence electrons. The normalized spacial score (nSPS) is 34.0. The fourth-order valence-electron chi connectivity index (χ4n) is 2.46. The monoisotopic (exact) mass is 216 g/mol. The lowest BCUT2D eigenvalue weighted by atomic mass is 9.78. The van der Waals surface area contributed by atoms with E-state index in [2.05, 4.69) is 6.92 Å². The maximum Gasteiger partial charge on any atom is 0.146 e. The summed E-state index contributed by atoms with van der Waals surface area (Å²) in [5, 5.41) is 9.43. The molecule has 3 nitrogen and oxygen atoms in total. The highest BCUT2D eigenvalue weighted by atomic mass is 16.7. The highest BCUT2D eigenvalue weighted by Gasteiger charge is 2.29. The van der Waals surface area contributed by atoms with E-state index in [9.17, 15) is 5.11 Å². The van der Waals surface area contributed by atoms with Gasteiger partial charge in [-0.3, -0.25) is 0 Å². The van der Waals surface area contributed by atoms with E-state index in [1.165, 1.54) is 12.8 Å². The number of hydrogen-bond acceptors (Lipinski definition) is 3. The molecule has 0 bridgehead atoms. The number of aliphatic hydroxyl groups is 1. The summed E-state index contributed by atoms with van der Waals surface area (Å²) in [6.45, 7) is 4.49. The molecule has 15 heavy (non-hydrogen) atoms. The third-order valence-electron chi connectivity index (χ3n) is 3.23. The van der Waals surface area contributed by atoms with Crippen LogP contribution in [-0.4, -0.2) is 31.2 Å². The van der Waals surface area contributed by atoms with Gasteiger partial charge in [-0.05, 0) is 38.0 Å². The molecule has 0 aromatic carbocycles. The van der Waals surface area contributed by atoms with Crippen molar-refractivity contribution >= 4 is 0 Å². The van der Waals surface area contributed by atoms with Crippen molar-refractivity contribution in [2.75, 3.05) is 13.9 Å². The average molecular weight is 216 g/mol. The second-order valence-corrected chi connectivity index (χ2v) is 4.87. The van der Waals surface area contributed by atoms with Crippen molar-refractivity contribution in [1.82, 2.24) is 0 Å². The number of hydrogen-bond donors (Lipinski definition) is 1. The van der Waals surface area contributed by atoms with Gasteiger partial charge in [-0.15, -0.1) is 0 Å². The summed E-state index contributed by atoms with van der Waals surface area (Å²) in [7, 11) is 1.65. The zero-order chi connectivity index (χ0) is 11.3. The zero-order valence-electron chi connectivity index (χ0n) is 10.1. The third kappa shape index (κ3) is 4.49. The lowest BCUT2D eigenvalue weighted by Crippen LogP contribution is -2.33. The summed E-state index contributed by atoms with van der Waals surface area (Å²) in [6, 6.07) is 0. The first-order valence-corrected chi connectivity index (χ1v) is 5.92. The van der Waals surface area contributed by atoms with Crippen LogP contribution in [0.25, 0.3) is 0 Å². The van der Waals surface area contributed by atoms with Gasteiger partial charge in [0.15, 0.2) is 0 Å². The quantitative estimate of drug-likeness (QED) is 0.716. The van der Waals surface area contributed by atoms with Gasteiger partial charge in [-0.2, -0.15) is 0 Å². The molecule has 0 aliphatic heterocycles. The molecule has 0 aromatic rings. The van der Waals surface area contributed by atoms with Crippen molar-refractivity contribution in [3.63, 3.8) is 0 Å². The van der Waals surface area contributed by atoms with Gasteiger partial charge in [0.25, 0.3) is 0 Å². The van der Waals surface area contributed by atoms with Gasteiger partial charge in [0.05, 0.1) is 12.2 Å². The SMILES string of the molecule is COCO[C@@H]1C[C@H](C)CC[C@H]1C[C@@H](C)O. The maximum absolute atomic E-state index is 9.43. The smallest absolute Gasteiger partial charge is 0.146 e. The molecule has 0 radical (unpaired) electrons.